The normalized spacial score (nSPS) is 17.4. The van der Waals surface area contributed by atoms with E-state index < -0.39 is 0 Å². The summed E-state index contributed by atoms with van der Waals surface area (Å²) >= 11 is 0. The first kappa shape index (κ1) is 16.3. The quantitative estimate of drug-likeness (QED) is 0.688. The van der Waals surface area contributed by atoms with Gasteiger partial charge >= 0.3 is 0 Å². The summed E-state index contributed by atoms with van der Waals surface area (Å²) in [5.74, 6) is -0.160. The van der Waals surface area contributed by atoms with Gasteiger partial charge in [0.1, 0.15) is 6.04 Å². The number of carbonyl (C=O) groups is 2. The summed E-state index contributed by atoms with van der Waals surface area (Å²) in [5.41, 5.74) is 2.11. The Hall–Kier alpha value is -2.08. The van der Waals surface area contributed by atoms with Gasteiger partial charge in [-0.25, -0.2) is 0 Å². The highest BCUT2D eigenvalue weighted by molar-refractivity contribution is 5.90. The fourth-order valence-corrected chi connectivity index (χ4v) is 2.29. The van der Waals surface area contributed by atoms with Crippen LogP contribution in [0.2, 0.25) is 0 Å². The lowest BCUT2D eigenvalue weighted by Gasteiger charge is -2.13. The van der Waals surface area contributed by atoms with Crippen molar-refractivity contribution in [3.63, 3.8) is 0 Å². The van der Waals surface area contributed by atoms with E-state index in [0.717, 1.165) is 24.3 Å². The number of hydrogen-bond acceptors (Lipinski definition) is 4. The second-order valence-electron chi connectivity index (χ2n) is 5.80. The Morgan fingerprint density at radius 1 is 1.32 bits per heavy atom. The maximum Gasteiger partial charge on any atom is 0.242 e. The highest BCUT2D eigenvalue weighted by Crippen LogP contribution is 2.10. The van der Waals surface area contributed by atoms with Crippen molar-refractivity contribution in [2.45, 2.75) is 25.4 Å². The highest BCUT2D eigenvalue weighted by Gasteiger charge is 2.26. The maximum absolute atomic E-state index is 11.9. The van der Waals surface area contributed by atoms with Crippen LogP contribution in [0.1, 0.15) is 18.4 Å². The van der Waals surface area contributed by atoms with E-state index >= 15 is 0 Å². The number of rotatable bonds is 7. The molecule has 0 aliphatic carbocycles. The van der Waals surface area contributed by atoms with Crippen molar-refractivity contribution in [1.82, 2.24) is 15.5 Å². The van der Waals surface area contributed by atoms with Crippen molar-refractivity contribution in [3.05, 3.63) is 29.8 Å². The number of nitrogens with one attached hydrogen (secondary N) is 3. The Labute approximate surface area is 131 Å². The third kappa shape index (κ3) is 5.04. The first-order chi connectivity index (χ1) is 10.5. The zero-order valence-corrected chi connectivity index (χ0v) is 13.2. The average Bonchev–Trinajstić information content (AvgIpc) is 2.92. The number of likely N-dealkylation sites (N-methyl/N-ethyl adjacent to an activating group) is 1. The fourth-order valence-electron chi connectivity index (χ4n) is 2.29. The van der Waals surface area contributed by atoms with Crippen molar-refractivity contribution in [3.8, 4) is 0 Å². The number of nitrogens with zero attached hydrogens (tertiary/aromatic N) is 1. The number of hydrogen-bond donors (Lipinski definition) is 3. The van der Waals surface area contributed by atoms with Crippen LogP contribution in [-0.2, 0) is 16.1 Å². The van der Waals surface area contributed by atoms with Crippen LogP contribution in [0.5, 0.6) is 0 Å². The third-order valence-electron chi connectivity index (χ3n) is 3.62. The van der Waals surface area contributed by atoms with Crippen molar-refractivity contribution in [1.29, 1.82) is 0 Å². The lowest BCUT2D eigenvalue weighted by molar-refractivity contribution is -0.125. The molecule has 0 saturated carbocycles. The predicted molar refractivity (Wildman–Crippen MR) is 86.5 cm³/mol. The Bertz CT molecular complexity index is 513. The smallest absolute Gasteiger partial charge is 0.242 e. The van der Waals surface area contributed by atoms with E-state index in [1.807, 2.05) is 38.4 Å². The number of carbonyl (C=O) groups excluding carboxylic acids is 2. The summed E-state index contributed by atoms with van der Waals surface area (Å²) < 4.78 is 0. The molecule has 1 aromatic carbocycles. The molecule has 2 rings (SSSR count). The first-order valence-corrected chi connectivity index (χ1v) is 7.59. The number of anilines is 1. The van der Waals surface area contributed by atoms with Gasteiger partial charge < -0.3 is 20.9 Å². The van der Waals surface area contributed by atoms with Gasteiger partial charge in [-0.3, -0.25) is 9.59 Å². The molecule has 1 atom stereocenters. The molecule has 0 spiro atoms. The Kier molecular flexibility index (Phi) is 5.77. The number of benzene rings is 1. The van der Waals surface area contributed by atoms with Crippen molar-refractivity contribution in [2.24, 2.45) is 0 Å². The molecule has 1 unspecified atom stereocenters. The maximum atomic E-state index is 11.9. The molecule has 2 amide bonds. The van der Waals surface area contributed by atoms with E-state index in [4.69, 9.17) is 0 Å². The molecule has 1 aliphatic heterocycles. The van der Waals surface area contributed by atoms with E-state index in [0.29, 0.717) is 19.4 Å². The van der Waals surface area contributed by atoms with Crippen LogP contribution in [0.25, 0.3) is 0 Å². The molecular weight excluding hydrogens is 280 g/mol. The van der Waals surface area contributed by atoms with Gasteiger partial charge in [-0.05, 0) is 38.2 Å². The minimum Gasteiger partial charge on any atom is -0.384 e. The van der Waals surface area contributed by atoms with E-state index in [-0.39, 0.29) is 17.9 Å². The first-order valence-electron chi connectivity index (χ1n) is 7.59. The van der Waals surface area contributed by atoms with Gasteiger partial charge in [-0.15, -0.1) is 0 Å². The van der Waals surface area contributed by atoms with Gasteiger partial charge in [0.25, 0.3) is 0 Å². The monoisotopic (exact) mass is 304 g/mol. The summed E-state index contributed by atoms with van der Waals surface area (Å²) in [6, 6.07) is 7.62. The van der Waals surface area contributed by atoms with Crippen LogP contribution in [0.15, 0.2) is 24.3 Å². The molecule has 6 heteroatoms. The molecule has 0 radical (unpaired) electrons. The summed E-state index contributed by atoms with van der Waals surface area (Å²) in [6.07, 6.45) is 1.02. The molecule has 1 heterocycles. The SMILES string of the molecule is CN(C)CCNc1ccc(CNC(=O)C2CCC(=O)N2)cc1. The second-order valence-corrected chi connectivity index (χ2v) is 5.80. The lowest BCUT2D eigenvalue weighted by Crippen LogP contribution is -2.41. The van der Waals surface area contributed by atoms with Crippen LogP contribution in [-0.4, -0.2) is 49.9 Å². The molecule has 1 aromatic rings. The van der Waals surface area contributed by atoms with Crippen molar-refractivity contribution < 1.29 is 9.59 Å². The van der Waals surface area contributed by atoms with Gasteiger partial charge in [-0.1, -0.05) is 12.1 Å². The lowest BCUT2D eigenvalue weighted by atomic mass is 10.2. The standard InChI is InChI=1S/C16H24N4O2/c1-20(2)10-9-17-13-5-3-12(4-6-13)11-18-16(22)14-7-8-15(21)19-14/h3-6,14,17H,7-11H2,1-2H3,(H,18,22)(H,19,21). The molecule has 22 heavy (non-hydrogen) atoms. The van der Waals surface area contributed by atoms with Crippen LogP contribution < -0.4 is 16.0 Å². The van der Waals surface area contributed by atoms with Gasteiger partial charge in [0, 0.05) is 31.7 Å². The Morgan fingerprint density at radius 3 is 2.64 bits per heavy atom. The molecule has 1 fully saturated rings. The van der Waals surface area contributed by atoms with Crippen molar-refractivity contribution in [2.75, 3.05) is 32.5 Å². The molecule has 120 valence electrons. The molecule has 6 nitrogen and oxygen atoms in total. The minimum atomic E-state index is -0.375. The minimum absolute atomic E-state index is 0.0479. The molecule has 3 N–H and O–H groups in total. The zero-order valence-electron chi connectivity index (χ0n) is 13.2. The van der Waals surface area contributed by atoms with Gasteiger partial charge in [0.05, 0.1) is 0 Å². The fraction of sp³-hybridized carbons (Fsp3) is 0.500. The molecule has 1 aliphatic rings. The number of amides is 2. The molecule has 0 aromatic heterocycles. The van der Waals surface area contributed by atoms with Gasteiger partial charge in [0.2, 0.25) is 11.8 Å². The molecular formula is C16H24N4O2. The topological polar surface area (TPSA) is 73.5 Å². The van der Waals surface area contributed by atoms with Crippen LogP contribution in [0.3, 0.4) is 0 Å². The summed E-state index contributed by atoms with van der Waals surface area (Å²) in [5, 5.41) is 8.87. The van der Waals surface area contributed by atoms with Crippen LogP contribution in [0, 0.1) is 0 Å². The highest BCUT2D eigenvalue weighted by atomic mass is 16.2. The van der Waals surface area contributed by atoms with Crippen LogP contribution in [0.4, 0.5) is 5.69 Å². The average molecular weight is 304 g/mol. The van der Waals surface area contributed by atoms with Crippen molar-refractivity contribution >= 4 is 17.5 Å². The Morgan fingerprint density at radius 2 is 2.05 bits per heavy atom. The van der Waals surface area contributed by atoms with E-state index in [2.05, 4.69) is 20.9 Å². The molecule has 0 bridgehead atoms. The van der Waals surface area contributed by atoms with E-state index in [9.17, 15) is 9.59 Å². The van der Waals surface area contributed by atoms with Gasteiger partial charge in [-0.2, -0.15) is 0 Å². The Balaban J connectivity index is 1.74. The molecule has 1 saturated heterocycles. The summed E-state index contributed by atoms with van der Waals surface area (Å²) in [7, 11) is 4.08. The second kappa shape index (κ2) is 7.79. The summed E-state index contributed by atoms with van der Waals surface area (Å²) in [6.45, 7) is 2.35. The summed E-state index contributed by atoms with van der Waals surface area (Å²) in [4.78, 5) is 25.1. The van der Waals surface area contributed by atoms with E-state index in [1.54, 1.807) is 0 Å². The predicted octanol–water partition coefficient (Wildman–Crippen LogP) is 0.555. The third-order valence-corrected chi connectivity index (χ3v) is 3.62. The van der Waals surface area contributed by atoms with Crippen LogP contribution >= 0.6 is 0 Å². The van der Waals surface area contributed by atoms with Gasteiger partial charge in [0.15, 0.2) is 0 Å². The van der Waals surface area contributed by atoms with E-state index in [1.165, 1.54) is 0 Å². The zero-order chi connectivity index (χ0) is 15.9. The largest absolute Gasteiger partial charge is 0.384 e.